The molecule has 0 saturated carbocycles. The quantitative estimate of drug-likeness (QED) is 0.778. The molecule has 0 aliphatic carbocycles. The highest BCUT2D eigenvalue weighted by Gasteiger charge is 1.93. The molecule has 0 saturated heterocycles. The van der Waals surface area contributed by atoms with Gasteiger partial charge in [-0.2, -0.15) is 5.26 Å². The van der Waals surface area contributed by atoms with E-state index in [1.165, 1.54) is 0 Å². The smallest absolute Gasteiger partial charge is 0.0991 e. The van der Waals surface area contributed by atoms with Crippen molar-refractivity contribution in [2.45, 2.75) is 6.61 Å². The number of nitriles is 1. The van der Waals surface area contributed by atoms with Crippen LogP contribution in [-0.4, -0.2) is 20.2 Å². The number of nitrogens with one attached hydrogen (secondary N) is 1. The Hall–Kier alpha value is -1.08. The minimum absolute atomic E-state index is 0. The molecule has 1 N–H and O–H groups in total. The fourth-order valence-electron chi connectivity index (χ4n) is 1.04. The number of rotatable bonds is 5. The topological polar surface area (TPSA) is 45.0 Å². The van der Waals surface area contributed by atoms with Gasteiger partial charge in [-0.15, -0.1) is 12.4 Å². The molecule has 3 nitrogen and oxygen atoms in total. The van der Waals surface area contributed by atoms with Crippen LogP contribution in [0.5, 0.6) is 0 Å². The van der Waals surface area contributed by atoms with E-state index in [1.54, 1.807) is 12.1 Å². The second kappa shape index (κ2) is 8.25. The van der Waals surface area contributed by atoms with Crippen LogP contribution in [0.1, 0.15) is 11.1 Å². The molecule has 1 aromatic carbocycles. The van der Waals surface area contributed by atoms with Crippen molar-refractivity contribution in [3.05, 3.63) is 35.4 Å². The van der Waals surface area contributed by atoms with Crippen molar-refractivity contribution in [1.82, 2.24) is 5.32 Å². The molecule has 4 heteroatoms. The Kier molecular flexibility index (Phi) is 7.65. The molecule has 0 atom stereocenters. The lowest BCUT2D eigenvalue weighted by Gasteiger charge is -2.03. The molecule has 0 aliphatic rings. The van der Waals surface area contributed by atoms with Crippen LogP contribution in [0.15, 0.2) is 24.3 Å². The summed E-state index contributed by atoms with van der Waals surface area (Å²) >= 11 is 0. The van der Waals surface area contributed by atoms with Crippen molar-refractivity contribution in [3.8, 4) is 6.07 Å². The number of ether oxygens (including phenoxy) is 1. The van der Waals surface area contributed by atoms with Crippen LogP contribution >= 0.6 is 12.4 Å². The van der Waals surface area contributed by atoms with Crippen LogP contribution in [0.4, 0.5) is 0 Å². The van der Waals surface area contributed by atoms with Crippen LogP contribution in [0.25, 0.3) is 0 Å². The molecule has 0 bridgehead atoms. The largest absolute Gasteiger partial charge is 0.375 e. The summed E-state index contributed by atoms with van der Waals surface area (Å²) in [5.41, 5.74) is 1.78. The zero-order valence-electron chi connectivity index (χ0n) is 8.69. The molecule has 1 rings (SSSR count). The summed E-state index contributed by atoms with van der Waals surface area (Å²) in [5, 5.41) is 11.6. The highest BCUT2D eigenvalue weighted by atomic mass is 35.5. The van der Waals surface area contributed by atoms with Gasteiger partial charge in [0.1, 0.15) is 0 Å². The van der Waals surface area contributed by atoms with Crippen LogP contribution in [0, 0.1) is 11.3 Å². The first-order valence-corrected chi connectivity index (χ1v) is 4.58. The third kappa shape index (κ3) is 5.38. The Morgan fingerprint density at radius 1 is 1.33 bits per heavy atom. The fourth-order valence-corrected chi connectivity index (χ4v) is 1.04. The summed E-state index contributed by atoms with van der Waals surface area (Å²) < 4.78 is 5.39. The van der Waals surface area contributed by atoms with Gasteiger partial charge in [-0.1, -0.05) is 12.1 Å². The molecule has 0 aromatic heterocycles. The number of hydrogen-bond acceptors (Lipinski definition) is 3. The fraction of sp³-hybridized carbons (Fsp3) is 0.364. The maximum absolute atomic E-state index is 8.59. The summed E-state index contributed by atoms with van der Waals surface area (Å²) in [6, 6.07) is 9.51. The van der Waals surface area contributed by atoms with Gasteiger partial charge in [-0.25, -0.2) is 0 Å². The molecule has 0 fully saturated rings. The number of hydrogen-bond donors (Lipinski definition) is 1. The number of benzene rings is 1. The minimum atomic E-state index is 0. The summed E-state index contributed by atoms with van der Waals surface area (Å²) in [4.78, 5) is 0. The lowest BCUT2D eigenvalue weighted by molar-refractivity contribution is 0.124. The molecular formula is C11H15ClN2O. The van der Waals surface area contributed by atoms with Crippen molar-refractivity contribution in [2.24, 2.45) is 0 Å². The molecule has 0 amide bonds. The third-order valence-corrected chi connectivity index (χ3v) is 1.85. The number of halogens is 1. The van der Waals surface area contributed by atoms with E-state index in [0.29, 0.717) is 18.8 Å². The normalized spacial score (nSPS) is 9.07. The van der Waals surface area contributed by atoms with E-state index in [1.807, 2.05) is 19.2 Å². The molecule has 82 valence electrons. The van der Waals surface area contributed by atoms with E-state index in [4.69, 9.17) is 10.00 Å². The first-order chi connectivity index (χ1) is 6.86. The van der Waals surface area contributed by atoms with E-state index in [0.717, 1.165) is 12.1 Å². The SMILES string of the molecule is CNCCOCc1ccc(C#N)cc1.Cl. The third-order valence-electron chi connectivity index (χ3n) is 1.85. The van der Waals surface area contributed by atoms with E-state index >= 15 is 0 Å². The van der Waals surface area contributed by atoms with Crippen LogP contribution < -0.4 is 5.32 Å². The highest BCUT2D eigenvalue weighted by Crippen LogP contribution is 2.04. The lowest BCUT2D eigenvalue weighted by Crippen LogP contribution is -2.13. The van der Waals surface area contributed by atoms with Crippen LogP contribution in [0.2, 0.25) is 0 Å². The monoisotopic (exact) mass is 226 g/mol. The van der Waals surface area contributed by atoms with Crippen molar-refractivity contribution >= 4 is 12.4 Å². The van der Waals surface area contributed by atoms with Crippen molar-refractivity contribution in [1.29, 1.82) is 5.26 Å². The van der Waals surface area contributed by atoms with Gasteiger partial charge >= 0.3 is 0 Å². The van der Waals surface area contributed by atoms with Crippen molar-refractivity contribution in [2.75, 3.05) is 20.2 Å². The summed E-state index contributed by atoms with van der Waals surface area (Å²) in [6.45, 7) is 2.17. The Balaban J connectivity index is 0.00000196. The molecule has 0 aliphatic heterocycles. The Labute approximate surface area is 96.5 Å². The second-order valence-electron chi connectivity index (χ2n) is 2.96. The van der Waals surface area contributed by atoms with Gasteiger partial charge in [0, 0.05) is 6.54 Å². The van der Waals surface area contributed by atoms with Crippen molar-refractivity contribution < 1.29 is 4.74 Å². The van der Waals surface area contributed by atoms with Gasteiger partial charge in [-0.05, 0) is 24.7 Å². The maximum Gasteiger partial charge on any atom is 0.0991 e. The zero-order valence-corrected chi connectivity index (χ0v) is 9.51. The summed E-state index contributed by atoms with van der Waals surface area (Å²) in [7, 11) is 1.89. The lowest BCUT2D eigenvalue weighted by atomic mass is 10.2. The highest BCUT2D eigenvalue weighted by molar-refractivity contribution is 5.85. The average Bonchev–Trinajstić information content (AvgIpc) is 2.25. The van der Waals surface area contributed by atoms with Gasteiger partial charge in [-0.3, -0.25) is 0 Å². The first kappa shape index (κ1) is 13.9. The predicted molar refractivity (Wildman–Crippen MR) is 62.0 cm³/mol. The summed E-state index contributed by atoms with van der Waals surface area (Å²) in [6.07, 6.45) is 0. The van der Waals surface area contributed by atoms with Crippen LogP contribution in [0.3, 0.4) is 0 Å². The van der Waals surface area contributed by atoms with Gasteiger partial charge in [0.05, 0.1) is 24.8 Å². The van der Waals surface area contributed by atoms with E-state index in [9.17, 15) is 0 Å². The summed E-state index contributed by atoms with van der Waals surface area (Å²) in [5.74, 6) is 0. The first-order valence-electron chi connectivity index (χ1n) is 4.58. The van der Waals surface area contributed by atoms with Gasteiger partial charge in [0.2, 0.25) is 0 Å². The standard InChI is InChI=1S/C11H14N2O.ClH/c1-13-6-7-14-9-11-4-2-10(8-12)3-5-11;/h2-5,13H,6-7,9H2,1H3;1H. The molecule has 1 aromatic rings. The molecule has 15 heavy (non-hydrogen) atoms. The predicted octanol–water partition coefficient (Wildman–Crippen LogP) is 1.72. The van der Waals surface area contributed by atoms with Gasteiger partial charge in [0.15, 0.2) is 0 Å². The molecule has 0 spiro atoms. The Bertz CT molecular complexity index is 305. The van der Waals surface area contributed by atoms with Gasteiger partial charge in [0.25, 0.3) is 0 Å². The average molecular weight is 227 g/mol. The van der Waals surface area contributed by atoms with E-state index < -0.39 is 0 Å². The zero-order chi connectivity index (χ0) is 10.2. The second-order valence-corrected chi connectivity index (χ2v) is 2.96. The minimum Gasteiger partial charge on any atom is -0.375 e. The van der Waals surface area contributed by atoms with Gasteiger partial charge < -0.3 is 10.1 Å². The van der Waals surface area contributed by atoms with E-state index in [-0.39, 0.29) is 12.4 Å². The molecular weight excluding hydrogens is 212 g/mol. The molecule has 0 radical (unpaired) electrons. The van der Waals surface area contributed by atoms with Crippen LogP contribution in [-0.2, 0) is 11.3 Å². The maximum atomic E-state index is 8.59. The van der Waals surface area contributed by atoms with E-state index in [2.05, 4.69) is 11.4 Å². The number of nitrogens with zero attached hydrogens (tertiary/aromatic N) is 1. The Morgan fingerprint density at radius 2 is 2.00 bits per heavy atom. The van der Waals surface area contributed by atoms with Crippen molar-refractivity contribution in [3.63, 3.8) is 0 Å². The molecule has 0 unspecified atom stereocenters. The number of likely N-dealkylation sites (N-methyl/N-ethyl adjacent to an activating group) is 1. The molecule has 0 heterocycles. The Morgan fingerprint density at radius 3 is 2.53 bits per heavy atom.